The first-order valence-electron chi connectivity index (χ1n) is 9.82. The number of likely N-dealkylation sites (tertiary alicyclic amines) is 1. The number of carbonyl (C=O) groups excluding carboxylic acids is 2. The zero-order valence-electron chi connectivity index (χ0n) is 17.1. The number of anilines is 1. The van der Waals surface area contributed by atoms with Gasteiger partial charge in [-0.1, -0.05) is 6.07 Å². The summed E-state index contributed by atoms with van der Waals surface area (Å²) in [6, 6.07) is 10.7. The van der Waals surface area contributed by atoms with Crippen LogP contribution in [-0.2, 0) is 0 Å². The minimum atomic E-state index is -0.346. The molecule has 0 radical (unpaired) electrons. The van der Waals surface area contributed by atoms with E-state index in [0.29, 0.717) is 42.4 Å². The largest absolute Gasteiger partial charge is 0.496 e. The number of methoxy groups -OCH3 is 2. The summed E-state index contributed by atoms with van der Waals surface area (Å²) in [5.74, 6) is 0.588. The summed E-state index contributed by atoms with van der Waals surface area (Å²) >= 11 is 0. The topological polar surface area (TPSA) is 79.9 Å². The number of ether oxygens (including phenoxy) is 2. The normalized spacial score (nSPS) is 14.2. The van der Waals surface area contributed by atoms with Crippen molar-refractivity contribution in [3.63, 3.8) is 0 Å². The molecule has 2 aromatic rings. The maximum Gasteiger partial charge on any atom is 0.321 e. The van der Waals surface area contributed by atoms with E-state index in [9.17, 15) is 14.0 Å². The number of nitrogens with one attached hydrogen (secondary N) is 2. The lowest BCUT2D eigenvalue weighted by atomic mass is 9.97. The second-order valence-electron chi connectivity index (χ2n) is 7.12. The Hall–Kier alpha value is -3.29. The van der Waals surface area contributed by atoms with Gasteiger partial charge in [0.15, 0.2) is 0 Å². The quantitative estimate of drug-likeness (QED) is 0.757. The number of piperidine rings is 1. The van der Waals surface area contributed by atoms with E-state index < -0.39 is 0 Å². The number of carbonyl (C=O) groups is 2. The molecule has 0 bridgehead atoms. The second kappa shape index (κ2) is 9.96. The van der Waals surface area contributed by atoms with Gasteiger partial charge in [0.05, 0.1) is 14.2 Å². The fourth-order valence-corrected chi connectivity index (χ4v) is 3.48. The van der Waals surface area contributed by atoms with Crippen LogP contribution in [0.4, 0.5) is 14.9 Å². The number of halogens is 1. The van der Waals surface area contributed by atoms with Crippen LogP contribution < -0.4 is 20.1 Å². The Bertz CT molecular complexity index is 858. The third-order valence-electron chi connectivity index (χ3n) is 5.20. The maximum atomic E-state index is 13.0. The first-order chi connectivity index (χ1) is 14.5. The van der Waals surface area contributed by atoms with Gasteiger partial charge in [-0.05, 0) is 55.2 Å². The van der Waals surface area contributed by atoms with E-state index in [2.05, 4.69) is 10.6 Å². The van der Waals surface area contributed by atoms with Crippen molar-refractivity contribution < 1.29 is 23.5 Å². The highest BCUT2D eigenvalue weighted by molar-refractivity contribution is 5.99. The van der Waals surface area contributed by atoms with Gasteiger partial charge < -0.3 is 25.0 Å². The molecule has 1 aliphatic heterocycles. The average Bonchev–Trinajstić information content (AvgIpc) is 2.78. The lowest BCUT2D eigenvalue weighted by molar-refractivity contribution is 0.0932. The summed E-state index contributed by atoms with van der Waals surface area (Å²) in [5, 5.41) is 5.73. The molecule has 1 saturated heterocycles. The van der Waals surface area contributed by atoms with Gasteiger partial charge in [-0.2, -0.15) is 0 Å². The van der Waals surface area contributed by atoms with Crippen LogP contribution in [-0.4, -0.2) is 50.7 Å². The monoisotopic (exact) mass is 415 g/mol. The smallest absolute Gasteiger partial charge is 0.321 e. The Balaban J connectivity index is 1.49. The average molecular weight is 415 g/mol. The highest BCUT2D eigenvalue weighted by Gasteiger charge is 2.24. The van der Waals surface area contributed by atoms with Gasteiger partial charge in [0.25, 0.3) is 5.91 Å². The van der Waals surface area contributed by atoms with Crippen molar-refractivity contribution in [1.29, 1.82) is 0 Å². The molecule has 0 saturated carbocycles. The number of hydrogen-bond acceptors (Lipinski definition) is 4. The molecular weight excluding hydrogens is 389 g/mol. The molecule has 7 nitrogen and oxygen atoms in total. The Morgan fingerprint density at radius 3 is 2.20 bits per heavy atom. The van der Waals surface area contributed by atoms with Crippen LogP contribution in [0.15, 0.2) is 42.5 Å². The Morgan fingerprint density at radius 1 is 1.03 bits per heavy atom. The zero-order valence-corrected chi connectivity index (χ0v) is 17.1. The van der Waals surface area contributed by atoms with Gasteiger partial charge >= 0.3 is 6.03 Å². The van der Waals surface area contributed by atoms with Crippen LogP contribution in [0.5, 0.6) is 11.5 Å². The molecule has 0 atom stereocenters. The van der Waals surface area contributed by atoms with Crippen molar-refractivity contribution in [2.45, 2.75) is 12.8 Å². The fourth-order valence-electron chi connectivity index (χ4n) is 3.48. The van der Waals surface area contributed by atoms with E-state index in [1.807, 2.05) is 0 Å². The minimum Gasteiger partial charge on any atom is -0.496 e. The standard InChI is InChI=1S/C22H26FN3O4/c1-29-18-4-3-5-19(30-2)20(18)21(27)24-14-15-10-12-26(13-11-15)22(28)25-17-8-6-16(23)7-9-17/h3-9,15H,10-14H2,1-2H3,(H,24,27)(H,25,28). The number of nitrogens with zero attached hydrogens (tertiary/aromatic N) is 1. The Labute approximate surface area is 175 Å². The summed E-state index contributed by atoms with van der Waals surface area (Å²) in [6.45, 7) is 1.69. The van der Waals surface area contributed by atoms with Crippen molar-refractivity contribution in [3.05, 3.63) is 53.8 Å². The summed E-state index contributed by atoms with van der Waals surface area (Å²) in [6.07, 6.45) is 1.56. The molecule has 0 aliphatic carbocycles. The van der Waals surface area contributed by atoms with Gasteiger partial charge in [0.1, 0.15) is 22.9 Å². The minimum absolute atomic E-state index is 0.206. The maximum absolute atomic E-state index is 13.0. The molecule has 3 amide bonds. The first-order valence-corrected chi connectivity index (χ1v) is 9.82. The highest BCUT2D eigenvalue weighted by Crippen LogP contribution is 2.28. The fraction of sp³-hybridized carbons (Fsp3) is 0.364. The van der Waals surface area contributed by atoms with E-state index in [1.165, 1.54) is 38.5 Å². The van der Waals surface area contributed by atoms with Gasteiger partial charge in [-0.3, -0.25) is 4.79 Å². The highest BCUT2D eigenvalue weighted by atomic mass is 19.1. The van der Waals surface area contributed by atoms with Gasteiger partial charge in [-0.15, -0.1) is 0 Å². The second-order valence-corrected chi connectivity index (χ2v) is 7.12. The van der Waals surface area contributed by atoms with E-state index in [-0.39, 0.29) is 23.7 Å². The molecule has 1 aliphatic rings. The molecule has 1 fully saturated rings. The Morgan fingerprint density at radius 2 is 1.63 bits per heavy atom. The molecule has 2 N–H and O–H groups in total. The van der Waals surface area contributed by atoms with Crippen LogP contribution in [0, 0.1) is 11.7 Å². The molecule has 30 heavy (non-hydrogen) atoms. The van der Waals surface area contributed by atoms with Gasteiger partial charge in [0, 0.05) is 25.3 Å². The van der Waals surface area contributed by atoms with Crippen molar-refractivity contribution in [2.24, 2.45) is 5.92 Å². The number of urea groups is 1. The van der Waals surface area contributed by atoms with Crippen LogP contribution in [0.2, 0.25) is 0 Å². The number of hydrogen-bond donors (Lipinski definition) is 2. The first kappa shape index (κ1) is 21.4. The molecular formula is C22H26FN3O4. The molecule has 1 heterocycles. The van der Waals surface area contributed by atoms with Gasteiger partial charge in [-0.25, -0.2) is 9.18 Å². The summed E-state index contributed by atoms with van der Waals surface area (Å²) in [5.41, 5.74) is 0.931. The Kier molecular flexibility index (Phi) is 7.11. The van der Waals surface area contributed by atoms with Crippen molar-refractivity contribution in [2.75, 3.05) is 39.2 Å². The summed E-state index contributed by atoms with van der Waals surface area (Å²) < 4.78 is 23.5. The molecule has 2 aromatic carbocycles. The number of benzene rings is 2. The number of rotatable bonds is 6. The lowest BCUT2D eigenvalue weighted by Gasteiger charge is -2.32. The predicted molar refractivity (Wildman–Crippen MR) is 112 cm³/mol. The predicted octanol–water partition coefficient (Wildman–Crippen LogP) is 3.52. The van der Waals surface area contributed by atoms with Crippen LogP contribution in [0.1, 0.15) is 23.2 Å². The summed E-state index contributed by atoms with van der Waals surface area (Å²) in [4.78, 5) is 26.8. The summed E-state index contributed by atoms with van der Waals surface area (Å²) in [7, 11) is 3.02. The van der Waals surface area contributed by atoms with Crippen LogP contribution in [0.3, 0.4) is 0 Å². The SMILES string of the molecule is COc1cccc(OC)c1C(=O)NCC1CCN(C(=O)Nc2ccc(F)cc2)CC1. The van der Waals surface area contributed by atoms with E-state index >= 15 is 0 Å². The molecule has 160 valence electrons. The lowest BCUT2D eigenvalue weighted by Crippen LogP contribution is -2.43. The van der Waals surface area contributed by atoms with E-state index in [0.717, 1.165) is 12.8 Å². The van der Waals surface area contributed by atoms with E-state index in [1.54, 1.807) is 23.1 Å². The van der Waals surface area contributed by atoms with Crippen molar-refractivity contribution in [1.82, 2.24) is 10.2 Å². The molecule has 3 rings (SSSR count). The van der Waals surface area contributed by atoms with Gasteiger partial charge in [0.2, 0.25) is 0 Å². The zero-order chi connectivity index (χ0) is 21.5. The van der Waals surface area contributed by atoms with Crippen molar-refractivity contribution in [3.8, 4) is 11.5 Å². The van der Waals surface area contributed by atoms with Crippen LogP contribution >= 0.6 is 0 Å². The molecule has 0 spiro atoms. The van der Waals surface area contributed by atoms with Crippen molar-refractivity contribution >= 4 is 17.6 Å². The third-order valence-corrected chi connectivity index (χ3v) is 5.20. The van der Waals surface area contributed by atoms with E-state index in [4.69, 9.17) is 9.47 Å². The van der Waals surface area contributed by atoms with Crippen LogP contribution in [0.25, 0.3) is 0 Å². The molecule has 8 heteroatoms. The molecule has 0 aromatic heterocycles. The molecule has 0 unspecified atom stereocenters. The number of amides is 3. The third kappa shape index (κ3) is 5.20.